The first-order valence-electron chi connectivity index (χ1n) is 6.07. The highest BCUT2D eigenvalue weighted by molar-refractivity contribution is 5.68. The Labute approximate surface area is 105 Å². The molecular weight excluding hydrogens is 218 g/mol. The number of rotatable bonds is 3. The monoisotopic (exact) mass is 245 g/mol. The normalized spacial score (nSPS) is 14.4. The minimum atomic E-state index is -0.551. The zero-order valence-electron chi connectivity index (χ0n) is 12.2. The molecule has 1 N–H and O–H groups in total. The summed E-state index contributed by atoms with van der Waals surface area (Å²) in [5.41, 5.74) is -0.530. The molecule has 1 unspecified atom stereocenters. The van der Waals surface area contributed by atoms with Crippen LogP contribution in [-0.2, 0) is 4.74 Å². The number of amides is 1. The lowest BCUT2D eigenvalue weighted by Gasteiger charge is -2.32. The van der Waals surface area contributed by atoms with Crippen LogP contribution in [0.4, 0.5) is 4.79 Å². The Morgan fingerprint density at radius 1 is 1.24 bits per heavy atom. The van der Waals surface area contributed by atoms with Gasteiger partial charge in [0.1, 0.15) is 5.60 Å². The molecule has 4 heteroatoms. The van der Waals surface area contributed by atoms with E-state index in [1.165, 1.54) is 0 Å². The summed E-state index contributed by atoms with van der Waals surface area (Å²) in [5.74, 6) is 0. The molecule has 0 aromatic rings. The van der Waals surface area contributed by atoms with Crippen LogP contribution in [-0.4, -0.2) is 40.9 Å². The summed E-state index contributed by atoms with van der Waals surface area (Å²) in [7, 11) is 0. The van der Waals surface area contributed by atoms with Gasteiger partial charge in [-0.05, 0) is 33.1 Å². The third kappa shape index (κ3) is 8.98. The highest BCUT2D eigenvalue weighted by Crippen LogP contribution is 2.18. The molecule has 1 amide bonds. The van der Waals surface area contributed by atoms with Crippen LogP contribution < -0.4 is 0 Å². The number of ether oxygens (including phenoxy) is 1. The molecule has 1 atom stereocenters. The smallest absolute Gasteiger partial charge is 0.410 e. The van der Waals surface area contributed by atoms with Crippen molar-refractivity contribution >= 4 is 6.09 Å². The van der Waals surface area contributed by atoms with Crippen LogP contribution >= 0.6 is 0 Å². The molecule has 17 heavy (non-hydrogen) atoms. The maximum atomic E-state index is 12.0. The average Bonchev–Trinajstić information content (AvgIpc) is 1.95. The molecule has 0 saturated carbocycles. The second kappa shape index (κ2) is 5.71. The van der Waals surface area contributed by atoms with Crippen molar-refractivity contribution in [3.8, 4) is 0 Å². The number of hydrogen-bond acceptors (Lipinski definition) is 3. The van der Waals surface area contributed by atoms with Gasteiger partial charge < -0.3 is 14.7 Å². The van der Waals surface area contributed by atoms with E-state index < -0.39 is 11.7 Å². The zero-order chi connectivity index (χ0) is 13.9. The molecule has 0 aliphatic heterocycles. The van der Waals surface area contributed by atoms with E-state index in [4.69, 9.17) is 4.74 Å². The quantitative estimate of drug-likeness (QED) is 0.831. The first kappa shape index (κ1) is 16.2. The molecule has 0 rings (SSSR count). The third-order valence-electron chi connectivity index (χ3n) is 1.80. The van der Waals surface area contributed by atoms with E-state index in [1.807, 2.05) is 41.5 Å². The number of aliphatic hydroxyl groups is 1. The molecule has 0 heterocycles. The SMILES string of the molecule is CC(O)CN(CC(C)(C)C)C(=O)OC(C)(C)C. The molecule has 0 aliphatic carbocycles. The first-order chi connectivity index (χ1) is 7.41. The summed E-state index contributed by atoms with van der Waals surface area (Å²) < 4.78 is 5.32. The minimum absolute atomic E-state index is 0.0220. The molecule has 4 nitrogen and oxygen atoms in total. The highest BCUT2D eigenvalue weighted by Gasteiger charge is 2.26. The molecule has 0 spiro atoms. The summed E-state index contributed by atoms with van der Waals surface area (Å²) >= 11 is 0. The number of hydrogen-bond donors (Lipinski definition) is 1. The van der Waals surface area contributed by atoms with Gasteiger partial charge in [-0.15, -0.1) is 0 Å². The largest absolute Gasteiger partial charge is 0.444 e. The topological polar surface area (TPSA) is 49.8 Å². The van der Waals surface area contributed by atoms with E-state index in [2.05, 4.69) is 0 Å². The van der Waals surface area contributed by atoms with Crippen molar-refractivity contribution in [1.82, 2.24) is 4.90 Å². The Morgan fingerprint density at radius 3 is 2.00 bits per heavy atom. The molecular formula is C13H27NO3. The van der Waals surface area contributed by atoms with Crippen molar-refractivity contribution in [2.75, 3.05) is 13.1 Å². The Kier molecular flexibility index (Phi) is 5.46. The summed E-state index contributed by atoms with van der Waals surface area (Å²) in [4.78, 5) is 13.5. The van der Waals surface area contributed by atoms with E-state index in [1.54, 1.807) is 11.8 Å². The fourth-order valence-electron chi connectivity index (χ4n) is 1.42. The molecule has 0 aliphatic rings. The van der Waals surface area contributed by atoms with Gasteiger partial charge in [-0.25, -0.2) is 4.79 Å². The standard InChI is InChI=1S/C13H27NO3/c1-10(15)8-14(9-12(2,3)4)11(16)17-13(5,6)7/h10,15H,8-9H2,1-7H3. The van der Waals surface area contributed by atoms with E-state index in [-0.39, 0.29) is 11.5 Å². The molecule has 0 fully saturated rings. The fraction of sp³-hybridized carbons (Fsp3) is 0.923. The molecule has 0 aromatic heterocycles. The number of aliphatic hydroxyl groups excluding tert-OH is 1. The van der Waals surface area contributed by atoms with E-state index in [0.29, 0.717) is 13.1 Å². The number of nitrogens with zero attached hydrogens (tertiary/aromatic N) is 1. The second-order valence-corrected chi connectivity index (χ2v) is 6.77. The third-order valence-corrected chi connectivity index (χ3v) is 1.80. The average molecular weight is 245 g/mol. The summed E-state index contributed by atoms with van der Waals surface area (Å²) in [6, 6.07) is 0. The maximum absolute atomic E-state index is 12.0. The van der Waals surface area contributed by atoms with Crippen molar-refractivity contribution in [2.45, 2.75) is 60.2 Å². The molecule has 0 saturated heterocycles. The lowest BCUT2D eigenvalue weighted by Crippen LogP contribution is -2.44. The van der Waals surface area contributed by atoms with Crippen LogP contribution in [0.2, 0.25) is 0 Å². The Bertz CT molecular complexity index is 248. The lowest BCUT2D eigenvalue weighted by molar-refractivity contribution is 0.00911. The van der Waals surface area contributed by atoms with Gasteiger partial charge in [0.25, 0.3) is 0 Å². The van der Waals surface area contributed by atoms with E-state index >= 15 is 0 Å². The van der Waals surface area contributed by atoms with Crippen LogP contribution in [0.5, 0.6) is 0 Å². The molecule has 102 valence electrons. The summed E-state index contributed by atoms with van der Waals surface area (Å²) in [6.45, 7) is 14.2. The Hall–Kier alpha value is -0.770. The van der Waals surface area contributed by atoms with Crippen molar-refractivity contribution in [3.05, 3.63) is 0 Å². The predicted octanol–water partition coefficient (Wildman–Crippen LogP) is 2.65. The number of carbonyl (C=O) groups excluding carboxylic acids is 1. The van der Waals surface area contributed by atoms with Gasteiger partial charge in [-0.3, -0.25) is 0 Å². The Balaban J connectivity index is 4.63. The van der Waals surface area contributed by atoms with E-state index in [9.17, 15) is 9.90 Å². The van der Waals surface area contributed by atoms with E-state index in [0.717, 1.165) is 0 Å². The van der Waals surface area contributed by atoms with Gasteiger partial charge in [-0.1, -0.05) is 20.8 Å². The summed E-state index contributed by atoms with van der Waals surface area (Å²) in [5, 5.41) is 9.42. The summed E-state index contributed by atoms with van der Waals surface area (Å²) in [6.07, 6.45) is -0.918. The van der Waals surface area contributed by atoms with Gasteiger partial charge in [0.15, 0.2) is 0 Å². The van der Waals surface area contributed by atoms with Crippen LogP contribution in [0.3, 0.4) is 0 Å². The molecule has 0 radical (unpaired) electrons. The Morgan fingerprint density at radius 2 is 1.71 bits per heavy atom. The van der Waals surface area contributed by atoms with Gasteiger partial charge in [0.2, 0.25) is 0 Å². The lowest BCUT2D eigenvalue weighted by atomic mass is 9.96. The molecule has 0 bridgehead atoms. The zero-order valence-corrected chi connectivity index (χ0v) is 12.2. The number of carbonyl (C=O) groups is 1. The van der Waals surface area contributed by atoms with Gasteiger partial charge in [0, 0.05) is 13.1 Å². The van der Waals surface area contributed by atoms with Crippen molar-refractivity contribution in [3.63, 3.8) is 0 Å². The van der Waals surface area contributed by atoms with Crippen molar-refractivity contribution in [1.29, 1.82) is 0 Å². The minimum Gasteiger partial charge on any atom is -0.444 e. The predicted molar refractivity (Wildman–Crippen MR) is 68.9 cm³/mol. The second-order valence-electron chi connectivity index (χ2n) is 6.77. The van der Waals surface area contributed by atoms with Crippen LogP contribution in [0.15, 0.2) is 0 Å². The van der Waals surface area contributed by atoms with Crippen molar-refractivity contribution < 1.29 is 14.6 Å². The van der Waals surface area contributed by atoms with Gasteiger partial charge >= 0.3 is 6.09 Å². The molecule has 0 aromatic carbocycles. The van der Waals surface area contributed by atoms with Crippen LogP contribution in [0.1, 0.15) is 48.5 Å². The maximum Gasteiger partial charge on any atom is 0.410 e. The van der Waals surface area contributed by atoms with Crippen molar-refractivity contribution in [2.24, 2.45) is 5.41 Å². The first-order valence-corrected chi connectivity index (χ1v) is 6.07. The van der Waals surface area contributed by atoms with Crippen LogP contribution in [0.25, 0.3) is 0 Å². The van der Waals surface area contributed by atoms with Crippen LogP contribution in [0, 0.1) is 5.41 Å². The van der Waals surface area contributed by atoms with Gasteiger partial charge in [0.05, 0.1) is 6.10 Å². The fourth-order valence-corrected chi connectivity index (χ4v) is 1.42. The van der Waals surface area contributed by atoms with Gasteiger partial charge in [-0.2, -0.15) is 0 Å². The highest BCUT2D eigenvalue weighted by atomic mass is 16.6.